The average Bonchev–Trinajstić information content (AvgIpc) is 2.94. The molecule has 4 rings (SSSR count). The van der Waals surface area contributed by atoms with E-state index in [1.165, 1.54) is 0 Å². The fraction of sp³-hybridized carbons (Fsp3) is 0.129. The molecular weight excluding hydrogens is 480 g/mol. The van der Waals surface area contributed by atoms with Crippen molar-refractivity contribution in [3.63, 3.8) is 0 Å². The van der Waals surface area contributed by atoms with Crippen LogP contribution in [0.2, 0.25) is 0 Å². The van der Waals surface area contributed by atoms with Crippen LogP contribution in [0.5, 0.6) is 0 Å². The van der Waals surface area contributed by atoms with Gasteiger partial charge in [-0.15, -0.1) is 0 Å². The zero-order valence-corrected chi connectivity index (χ0v) is 20.8. The number of nitrogens with one attached hydrogen (secondary N) is 2. The van der Waals surface area contributed by atoms with Gasteiger partial charge in [0.25, 0.3) is 0 Å². The molecule has 7 nitrogen and oxygen atoms in total. The van der Waals surface area contributed by atoms with E-state index in [0.29, 0.717) is 35.7 Å². The van der Waals surface area contributed by atoms with Gasteiger partial charge in [-0.1, -0.05) is 84.9 Å². The second-order valence-electron chi connectivity index (χ2n) is 8.54. The van der Waals surface area contributed by atoms with Crippen LogP contribution in [0.3, 0.4) is 0 Å². The maximum absolute atomic E-state index is 13.1. The van der Waals surface area contributed by atoms with Gasteiger partial charge in [-0.05, 0) is 35.4 Å². The van der Waals surface area contributed by atoms with Gasteiger partial charge in [0.1, 0.15) is 13.2 Å². The van der Waals surface area contributed by atoms with Gasteiger partial charge in [-0.2, -0.15) is 0 Å². The first-order valence-electron chi connectivity index (χ1n) is 12.1. The van der Waals surface area contributed by atoms with Gasteiger partial charge in [0.05, 0.1) is 13.2 Å². The van der Waals surface area contributed by atoms with Crippen LogP contribution in [0, 0.1) is 0 Å². The van der Waals surface area contributed by atoms with Gasteiger partial charge >= 0.3 is 0 Å². The smallest absolute Gasteiger partial charge is 0.250 e. The first kappa shape index (κ1) is 26.5. The van der Waals surface area contributed by atoms with E-state index in [0.717, 1.165) is 11.1 Å². The molecule has 0 aromatic heterocycles. The first-order valence-corrected chi connectivity index (χ1v) is 12.1. The van der Waals surface area contributed by atoms with Crippen LogP contribution >= 0.6 is 0 Å². The van der Waals surface area contributed by atoms with Crippen LogP contribution in [0.25, 0.3) is 0 Å². The quantitative estimate of drug-likeness (QED) is 0.256. The number of anilines is 2. The molecule has 0 aliphatic heterocycles. The van der Waals surface area contributed by atoms with E-state index < -0.39 is 0 Å². The Hall–Kier alpha value is -4.59. The van der Waals surface area contributed by atoms with E-state index in [-0.39, 0.29) is 30.8 Å². The lowest BCUT2D eigenvalue weighted by Gasteiger charge is -2.10. The molecule has 192 valence electrons. The second-order valence-corrected chi connectivity index (χ2v) is 8.54. The van der Waals surface area contributed by atoms with Crippen LogP contribution in [0.4, 0.5) is 11.4 Å². The minimum Gasteiger partial charge on any atom is -0.367 e. The Balaban J connectivity index is 1.29. The van der Waals surface area contributed by atoms with E-state index in [1.54, 1.807) is 48.5 Å². The fourth-order valence-electron chi connectivity index (χ4n) is 3.71. The lowest BCUT2D eigenvalue weighted by molar-refractivity contribution is -0.121. The molecule has 4 aromatic rings. The zero-order chi connectivity index (χ0) is 26.6. The van der Waals surface area contributed by atoms with Gasteiger partial charge in [-0.25, -0.2) is 0 Å². The Morgan fingerprint density at radius 2 is 0.947 bits per heavy atom. The van der Waals surface area contributed by atoms with Crippen molar-refractivity contribution >= 4 is 29.0 Å². The third-order valence-electron chi connectivity index (χ3n) is 5.51. The Kier molecular flexibility index (Phi) is 9.51. The second kappa shape index (κ2) is 13.6. The normalized spacial score (nSPS) is 10.5. The zero-order valence-electron chi connectivity index (χ0n) is 20.8. The SMILES string of the molecule is O=C(COCc1ccccc1)Nc1cccc(C(=O)c2cccc(NC(=O)COCc3ccccc3)c2)c1. The third kappa shape index (κ3) is 8.23. The summed E-state index contributed by atoms with van der Waals surface area (Å²) in [5.41, 5.74) is 3.75. The summed E-state index contributed by atoms with van der Waals surface area (Å²) in [6.07, 6.45) is 0. The highest BCUT2D eigenvalue weighted by Crippen LogP contribution is 2.18. The Labute approximate surface area is 221 Å². The molecule has 4 aromatic carbocycles. The van der Waals surface area contributed by atoms with E-state index in [4.69, 9.17) is 9.47 Å². The summed E-state index contributed by atoms with van der Waals surface area (Å²) in [5.74, 6) is -0.868. The molecule has 0 saturated heterocycles. The molecule has 0 unspecified atom stereocenters. The van der Waals surface area contributed by atoms with Crippen molar-refractivity contribution in [1.82, 2.24) is 0 Å². The average molecular weight is 509 g/mol. The molecule has 0 aliphatic carbocycles. The standard InChI is InChI=1S/C31H28N2O5/c34-29(21-37-19-23-9-3-1-4-10-23)32-27-15-7-13-25(17-27)31(36)26-14-8-16-28(18-26)33-30(35)22-38-20-24-11-5-2-6-12-24/h1-18H,19-22H2,(H,32,34)(H,33,35). The summed E-state index contributed by atoms with van der Waals surface area (Å²) in [6.45, 7) is 0.450. The third-order valence-corrected chi connectivity index (χ3v) is 5.51. The molecule has 0 spiro atoms. The topological polar surface area (TPSA) is 93.7 Å². The van der Waals surface area contributed by atoms with Crippen LogP contribution < -0.4 is 10.6 Å². The van der Waals surface area contributed by atoms with Gasteiger partial charge in [-0.3, -0.25) is 14.4 Å². The number of ketones is 1. The molecule has 0 saturated carbocycles. The molecule has 0 atom stereocenters. The minimum atomic E-state index is -0.315. The number of hydrogen-bond acceptors (Lipinski definition) is 5. The first-order chi connectivity index (χ1) is 18.6. The predicted octanol–water partition coefficient (Wildman–Crippen LogP) is 5.23. The Bertz CT molecular complexity index is 1270. The van der Waals surface area contributed by atoms with Crippen molar-refractivity contribution in [2.75, 3.05) is 23.8 Å². The van der Waals surface area contributed by atoms with Crippen LogP contribution in [-0.4, -0.2) is 30.8 Å². The monoisotopic (exact) mass is 508 g/mol. The van der Waals surface area contributed by atoms with Crippen LogP contribution in [0.1, 0.15) is 27.0 Å². The number of ether oxygens (including phenoxy) is 2. The highest BCUT2D eigenvalue weighted by atomic mass is 16.5. The largest absolute Gasteiger partial charge is 0.367 e. The number of amides is 2. The lowest BCUT2D eigenvalue weighted by Crippen LogP contribution is -2.19. The lowest BCUT2D eigenvalue weighted by atomic mass is 10.0. The highest BCUT2D eigenvalue weighted by Gasteiger charge is 2.12. The highest BCUT2D eigenvalue weighted by molar-refractivity contribution is 6.10. The van der Waals surface area contributed by atoms with Crippen molar-refractivity contribution in [1.29, 1.82) is 0 Å². The van der Waals surface area contributed by atoms with Crippen molar-refractivity contribution in [2.24, 2.45) is 0 Å². The number of carbonyl (C=O) groups excluding carboxylic acids is 3. The number of hydrogen-bond donors (Lipinski definition) is 2. The summed E-state index contributed by atoms with van der Waals surface area (Å²) in [6, 6.07) is 32.5. The molecule has 0 heterocycles. The molecule has 0 aliphatic rings. The summed E-state index contributed by atoms with van der Waals surface area (Å²) in [5, 5.41) is 5.51. The van der Waals surface area contributed by atoms with E-state index in [9.17, 15) is 14.4 Å². The maximum Gasteiger partial charge on any atom is 0.250 e. The van der Waals surface area contributed by atoms with Crippen molar-refractivity contribution in [2.45, 2.75) is 13.2 Å². The van der Waals surface area contributed by atoms with Gasteiger partial charge in [0.2, 0.25) is 11.8 Å². The predicted molar refractivity (Wildman–Crippen MR) is 146 cm³/mol. The molecule has 2 amide bonds. The molecule has 38 heavy (non-hydrogen) atoms. The van der Waals surface area contributed by atoms with Gasteiger partial charge in [0.15, 0.2) is 5.78 Å². The molecular formula is C31H28N2O5. The van der Waals surface area contributed by atoms with Crippen LogP contribution in [0.15, 0.2) is 109 Å². The molecule has 0 radical (unpaired) electrons. The Morgan fingerprint density at radius 3 is 1.37 bits per heavy atom. The summed E-state index contributed by atoms with van der Waals surface area (Å²) in [4.78, 5) is 37.7. The number of rotatable bonds is 12. The fourth-order valence-corrected chi connectivity index (χ4v) is 3.71. The summed E-state index contributed by atoms with van der Waals surface area (Å²) < 4.78 is 10.9. The van der Waals surface area contributed by atoms with E-state index in [2.05, 4.69) is 10.6 Å². The Morgan fingerprint density at radius 1 is 0.526 bits per heavy atom. The van der Waals surface area contributed by atoms with Gasteiger partial charge in [0, 0.05) is 22.5 Å². The van der Waals surface area contributed by atoms with Crippen molar-refractivity contribution < 1.29 is 23.9 Å². The van der Waals surface area contributed by atoms with Crippen molar-refractivity contribution in [3.05, 3.63) is 131 Å². The van der Waals surface area contributed by atoms with E-state index >= 15 is 0 Å². The van der Waals surface area contributed by atoms with Gasteiger partial charge < -0.3 is 20.1 Å². The number of carbonyl (C=O) groups is 3. The summed E-state index contributed by atoms with van der Waals surface area (Å²) >= 11 is 0. The van der Waals surface area contributed by atoms with Crippen LogP contribution in [-0.2, 0) is 32.3 Å². The van der Waals surface area contributed by atoms with E-state index in [1.807, 2.05) is 60.7 Å². The number of benzene rings is 4. The molecule has 0 bridgehead atoms. The summed E-state index contributed by atoms with van der Waals surface area (Å²) in [7, 11) is 0. The molecule has 2 N–H and O–H groups in total. The minimum absolute atomic E-state index is 0.107. The molecule has 0 fully saturated rings. The maximum atomic E-state index is 13.1. The van der Waals surface area contributed by atoms with Crippen molar-refractivity contribution in [3.8, 4) is 0 Å². The molecule has 7 heteroatoms.